The second-order valence-corrected chi connectivity index (χ2v) is 7.09. The van der Waals surface area contributed by atoms with Crippen LogP contribution in [-0.4, -0.2) is 21.5 Å². The summed E-state index contributed by atoms with van der Waals surface area (Å²) in [4.78, 5) is 0. The van der Waals surface area contributed by atoms with Crippen LogP contribution < -0.4 is 5.73 Å². The molecule has 0 aliphatic carbocycles. The predicted molar refractivity (Wildman–Crippen MR) is 120 cm³/mol. The lowest BCUT2D eigenvalue weighted by Gasteiger charge is -2.07. The van der Waals surface area contributed by atoms with E-state index in [4.69, 9.17) is 5.73 Å². The van der Waals surface area contributed by atoms with Gasteiger partial charge in [0.1, 0.15) is 17.3 Å². The van der Waals surface area contributed by atoms with Crippen LogP contribution in [0.5, 0.6) is 0 Å². The Hall–Kier alpha value is -3.51. The Morgan fingerprint density at radius 2 is 1.71 bits per heavy atom. The number of nitrogens with zero attached hydrogens (tertiary/aromatic N) is 2. The second kappa shape index (κ2) is 10.5. The van der Waals surface area contributed by atoms with Crippen molar-refractivity contribution >= 4 is 5.57 Å². The zero-order valence-corrected chi connectivity index (χ0v) is 17.1. The summed E-state index contributed by atoms with van der Waals surface area (Å²) in [5.74, 6) is -0.594. The Bertz CT molecular complexity index is 1080. The molecule has 1 heterocycles. The molecule has 0 saturated carbocycles. The number of hydrogen-bond donors (Lipinski definition) is 2. The molecule has 3 N–H and O–H groups in total. The van der Waals surface area contributed by atoms with E-state index in [1.807, 2.05) is 18.3 Å². The summed E-state index contributed by atoms with van der Waals surface area (Å²) in [5, 5.41) is 13.9. The fourth-order valence-corrected chi connectivity index (χ4v) is 3.22. The number of nitrogens with two attached hydrogens (primary N) is 1. The van der Waals surface area contributed by atoms with Crippen LogP contribution in [0.3, 0.4) is 0 Å². The number of allylic oxidation sites excluding steroid dienone is 5. The van der Waals surface area contributed by atoms with Crippen LogP contribution in [0.15, 0.2) is 85.2 Å². The second-order valence-electron chi connectivity index (χ2n) is 7.09. The van der Waals surface area contributed by atoms with Crippen molar-refractivity contribution in [1.82, 2.24) is 9.78 Å². The van der Waals surface area contributed by atoms with Crippen molar-refractivity contribution in [3.8, 4) is 11.3 Å². The molecule has 0 radical (unpaired) electrons. The van der Waals surface area contributed by atoms with Gasteiger partial charge in [-0.15, -0.1) is 0 Å². The van der Waals surface area contributed by atoms with E-state index in [-0.39, 0.29) is 18.2 Å². The number of benzene rings is 2. The molecular formula is C25H25F2N3O. The monoisotopic (exact) mass is 421 g/mol. The number of hydrogen-bond acceptors (Lipinski definition) is 3. The summed E-state index contributed by atoms with van der Waals surface area (Å²) in [5.41, 5.74) is 10.9. The Balaban J connectivity index is 1.91. The van der Waals surface area contributed by atoms with E-state index in [2.05, 4.69) is 11.7 Å². The maximum absolute atomic E-state index is 13.4. The minimum absolute atomic E-state index is 0.0554. The molecule has 1 aromatic heterocycles. The van der Waals surface area contributed by atoms with Crippen LogP contribution in [0.4, 0.5) is 8.78 Å². The summed E-state index contributed by atoms with van der Waals surface area (Å²) < 4.78 is 28.1. The third-order valence-corrected chi connectivity index (χ3v) is 4.77. The summed E-state index contributed by atoms with van der Waals surface area (Å²) in [6.07, 6.45) is 8.46. The van der Waals surface area contributed by atoms with Crippen LogP contribution in [0, 0.1) is 11.6 Å². The van der Waals surface area contributed by atoms with Gasteiger partial charge in [-0.3, -0.25) is 4.68 Å². The van der Waals surface area contributed by atoms with Crippen molar-refractivity contribution in [3.63, 3.8) is 0 Å². The molecular weight excluding hydrogens is 396 g/mol. The van der Waals surface area contributed by atoms with Crippen molar-refractivity contribution in [2.24, 2.45) is 5.73 Å². The van der Waals surface area contributed by atoms with Gasteiger partial charge in [0.2, 0.25) is 0 Å². The van der Waals surface area contributed by atoms with Gasteiger partial charge in [0.25, 0.3) is 0 Å². The van der Waals surface area contributed by atoms with Crippen LogP contribution in [0.1, 0.15) is 17.5 Å². The van der Waals surface area contributed by atoms with Gasteiger partial charge in [0.15, 0.2) is 0 Å². The zero-order valence-electron chi connectivity index (χ0n) is 17.1. The molecule has 0 spiro atoms. The molecule has 31 heavy (non-hydrogen) atoms. The van der Waals surface area contributed by atoms with Crippen LogP contribution in [-0.2, 0) is 13.0 Å². The summed E-state index contributed by atoms with van der Waals surface area (Å²) in [6, 6.07) is 12.5. The minimum Gasteiger partial charge on any atom is -0.402 e. The van der Waals surface area contributed by atoms with E-state index in [0.29, 0.717) is 30.8 Å². The van der Waals surface area contributed by atoms with Crippen LogP contribution in [0.2, 0.25) is 0 Å². The first-order valence-corrected chi connectivity index (χ1v) is 9.98. The average molecular weight is 421 g/mol. The molecule has 4 nitrogen and oxygen atoms in total. The van der Waals surface area contributed by atoms with Gasteiger partial charge >= 0.3 is 0 Å². The first-order chi connectivity index (χ1) is 15.0. The molecule has 0 aliphatic rings. The van der Waals surface area contributed by atoms with Gasteiger partial charge in [0, 0.05) is 23.0 Å². The van der Waals surface area contributed by atoms with E-state index in [9.17, 15) is 13.9 Å². The smallest absolute Gasteiger partial charge is 0.123 e. The Kier molecular flexibility index (Phi) is 7.51. The number of rotatable bonds is 9. The maximum Gasteiger partial charge on any atom is 0.123 e. The van der Waals surface area contributed by atoms with Gasteiger partial charge in [-0.25, -0.2) is 8.78 Å². The predicted octanol–water partition coefficient (Wildman–Crippen LogP) is 4.87. The highest BCUT2D eigenvalue weighted by Crippen LogP contribution is 2.29. The Labute approximate surface area is 180 Å². The fraction of sp³-hybridized carbons (Fsp3) is 0.160. The molecule has 0 amide bonds. The maximum atomic E-state index is 13.4. The van der Waals surface area contributed by atoms with E-state index >= 15 is 0 Å². The molecule has 3 aromatic rings. The van der Waals surface area contributed by atoms with Crippen molar-refractivity contribution in [2.75, 3.05) is 6.61 Å². The van der Waals surface area contributed by atoms with Gasteiger partial charge in [-0.2, -0.15) is 5.10 Å². The van der Waals surface area contributed by atoms with Crippen molar-refractivity contribution < 1.29 is 13.9 Å². The largest absolute Gasteiger partial charge is 0.402 e. The molecule has 0 bridgehead atoms. The highest BCUT2D eigenvalue weighted by Gasteiger charge is 2.14. The van der Waals surface area contributed by atoms with Crippen LogP contribution >= 0.6 is 0 Å². The summed E-state index contributed by atoms with van der Waals surface area (Å²) in [6.45, 7) is 4.07. The van der Waals surface area contributed by atoms with Gasteiger partial charge < -0.3 is 10.8 Å². The van der Waals surface area contributed by atoms with Crippen molar-refractivity contribution in [2.45, 2.75) is 19.4 Å². The number of aromatic nitrogens is 2. The van der Waals surface area contributed by atoms with Crippen molar-refractivity contribution in [3.05, 3.63) is 108 Å². The Morgan fingerprint density at radius 1 is 1.06 bits per heavy atom. The lowest BCUT2D eigenvalue weighted by atomic mass is 9.99. The fourth-order valence-electron chi connectivity index (χ4n) is 3.22. The highest BCUT2D eigenvalue weighted by molar-refractivity contribution is 5.84. The lowest BCUT2D eigenvalue weighted by molar-refractivity contribution is 0.269. The molecule has 0 atom stereocenters. The average Bonchev–Trinajstić information content (AvgIpc) is 3.18. The third-order valence-electron chi connectivity index (χ3n) is 4.77. The number of halogens is 2. The Morgan fingerprint density at radius 3 is 2.32 bits per heavy atom. The SMILES string of the molecule is C=C/C=C(\C=C(/N)CCc1ccc(F)cc1)c1cn(CCO)nc1-c1ccc(F)cc1. The van der Waals surface area contributed by atoms with Gasteiger partial charge in [-0.1, -0.05) is 30.9 Å². The topological polar surface area (TPSA) is 64.1 Å². The van der Waals surface area contributed by atoms with Crippen molar-refractivity contribution in [1.29, 1.82) is 0 Å². The van der Waals surface area contributed by atoms with Gasteiger partial charge in [0.05, 0.1) is 13.2 Å². The zero-order chi connectivity index (χ0) is 22.2. The number of aryl methyl sites for hydroxylation is 1. The molecule has 160 valence electrons. The quantitative estimate of drug-likeness (QED) is 0.485. The van der Waals surface area contributed by atoms with Gasteiger partial charge in [-0.05, 0) is 66.5 Å². The molecule has 0 fully saturated rings. The number of aliphatic hydroxyl groups excluding tert-OH is 1. The number of aliphatic hydroxyl groups is 1. The first-order valence-electron chi connectivity index (χ1n) is 9.98. The highest BCUT2D eigenvalue weighted by atomic mass is 19.1. The molecule has 6 heteroatoms. The van der Waals surface area contributed by atoms with E-state index < -0.39 is 0 Å². The minimum atomic E-state index is -0.327. The molecule has 0 aliphatic heterocycles. The van der Waals surface area contributed by atoms with Crippen LogP contribution in [0.25, 0.3) is 16.8 Å². The summed E-state index contributed by atoms with van der Waals surface area (Å²) in [7, 11) is 0. The van der Waals surface area contributed by atoms with E-state index in [1.54, 1.807) is 35.0 Å². The molecule has 0 unspecified atom stereocenters. The lowest BCUT2D eigenvalue weighted by Crippen LogP contribution is -2.02. The van der Waals surface area contributed by atoms with E-state index in [0.717, 1.165) is 22.3 Å². The normalized spacial score (nSPS) is 12.2. The molecule has 2 aromatic carbocycles. The summed E-state index contributed by atoms with van der Waals surface area (Å²) >= 11 is 0. The third kappa shape index (κ3) is 5.99. The van der Waals surface area contributed by atoms with E-state index in [1.165, 1.54) is 24.3 Å². The standard InChI is InChI=1S/C25H25F2N3O/c1-2-3-20(16-23(28)13-6-18-4-9-21(26)10-5-18)24-17-30(14-15-31)29-25(24)19-7-11-22(27)12-8-19/h2-5,7-12,16-17,31H,1,6,13-15,28H2/b20-3+,23-16-. The molecule has 3 rings (SSSR count). The molecule has 0 saturated heterocycles. The first kappa shape index (κ1) is 22.2.